The molecule has 1 saturated heterocycles. The van der Waals surface area contributed by atoms with Gasteiger partial charge in [-0.05, 0) is 33.1 Å². The number of allylic oxidation sites excluding steroid dienone is 5. The molecule has 1 heterocycles. The van der Waals surface area contributed by atoms with Crippen LogP contribution in [0.3, 0.4) is 0 Å². The van der Waals surface area contributed by atoms with Gasteiger partial charge in [0.2, 0.25) is 5.91 Å². The van der Waals surface area contributed by atoms with E-state index in [2.05, 4.69) is 31.0 Å². The van der Waals surface area contributed by atoms with Crippen LogP contribution in [0.1, 0.15) is 38.7 Å². The summed E-state index contributed by atoms with van der Waals surface area (Å²) in [5.74, 6) is 0.0718. The molecule has 0 radical (unpaired) electrons. The molecular weight excluding hydrogens is 336 g/mol. The van der Waals surface area contributed by atoms with Crippen LogP contribution >= 0.6 is 0 Å². The van der Waals surface area contributed by atoms with E-state index in [4.69, 9.17) is 5.73 Å². The highest BCUT2D eigenvalue weighted by Crippen LogP contribution is 2.35. The van der Waals surface area contributed by atoms with Crippen molar-refractivity contribution in [2.45, 2.75) is 46.1 Å². The van der Waals surface area contributed by atoms with Gasteiger partial charge in [0.15, 0.2) is 0 Å². The maximum Gasteiger partial charge on any atom is 0.226 e. The summed E-state index contributed by atoms with van der Waals surface area (Å²) in [6.45, 7) is 10.5. The number of hydrogen-bond donors (Lipinski definition) is 3. The first-order valence-corrected chi connectivity index (χ1v) is 9.54. The molecule has 0 bridgehead atoms. The van der Waals surface area contributed by atoms with Crippen molar-refractivity contribution in [1.82, 2.24) is 5.32 Å². The Labute approximate surface area is 164 Å². The van der Waals surface area contributed by atoms with Crippen molar-refractivity contribution < 1.29 is 9.90 Å². The Balaban J connectivity index is 0.000000410. The zero-order valence-corrected chi connectivity index (χ0v) is 17.0. The molecule has 4 heteroatoms. The van der Waals surface area contributed by atoms with E-state index in [1.807, 2.05) is 56.4 Å². The molecule has 1 fully saturated rings. The standard InChI is InChI=1S/C9H18N2O2.C7H8.C7H10/c1-2-9(5-7(12)6-10)3-4-11-8(9)13;1-7-5-3-2-4-6-7;1-3-5-7-6-4-2/h7,12H,2-6,10H2,1H3,(H,11,13);2-6H,1H3;3-7H,1H2,2H3/b;;6-4-,7-5-/t7-,9-;;/m0../s1. The van der Waals surface area contributed by atoms with E-state index in [-0.39, 0.29) is 17.9 Å². The van der Waals surface area contributed by atoms with Gasteiger partial charge in [0.05, 0.1) is 11.5 Å². The minimum atomic E-state index is -0.552. The molecule has 1 aliphatic heterocycles. The van der Waals surface area contributed by atoms with Crippen LogP contribution < -0.4 is 11.1 Å². The second-order valence-corrected chi connectivity index (χ2v) is 6.53. The van der Waals surface area contributed by atoms with E-state index in [0.29, 0.717) is 6.42 Å². The average Bonchev–Trinajstić information content (AvgIpc) is 3.04. The molecular formula is C23H36N2O2. The molecule has 27 heavy (non-hydrogen) atoms. The number of carbonyl (C=O) groups excluding carboxylic acids is 1. The fourth-order valence-electron chi connectivity index (χ4n) is 2.72. The molecule has 1 amide bonds. The zero-order chi connectivity index (χ0) is 20.5. The molecule has 150 valence electrons. The molecule has 0 aromatic heterocycles. The second-order valence-electron chi connectivity index (χ2n) is 6.53. The number of nitrogens with one attached hydrogen (secondary N) is 1. The third kappa shape index (κ3) is 10.5. The number of hydrogen-bond acceptors (Lipinski definition) is 3. The van der Waals surface area contributed by atoms with E-state index in [1.54, 1.807) is 6.08 Å². The summed E-state index contributed by atoms with van der Waals surface area (Å²) in [7, 11) is 0. The Morgan fingerprint density at radius 1 is 1.30 bits per heavy atom. The van der Waals surface area contributed by atoms with Crippen LogP contribution in [-0.4, -0.2) is 30.2 Å². The minimum Gasteiger partial charge on any atom is -0.392 e. The largest absolute Gasteiger partial charge is 0.392 e. The summed E-state index contributed by atoms with van der Waals surface area (Å²) >= 11 is 0. The molecule has 4 N–H and O–H groups in total. The first-order valence-electron chi connectivity index (χ1n) is 9.54. The molecule has 1 aliphatic rings. The minimum absolute atomic E-state index is 0.0718. The van der Waals surface area contributed by atoms with Crippen LogP contribution in [0.2, 0.25) is 0 Å². The first kappa shape index (κ1) is 24.8. The topological polar surface area (TPSA) is 75.3 Å². The number of nitrogens with two attached hydrogens (primary N) is 1. The zero-order valence-electron chi connectivity index (χ0n) is 17.0. The van der Waals surface area contributed by atoms with Gasteiger partial charge < -0.3 is 16.2 Å². The van der Waals surface area contributed by atoms with Crippen molar-refractivity contribution in [3.05, 3.63) is 72.9 Å². The number of rotatable bonds is 6. The molecule has 1 aromatic rings. The van der Waals surface area contributed by atoms with Crippen molar-refractivity contribution in [2.75, 3.05) is 13.1 Å². The van der Waals surface area contributed by atoms with Gasteiger partial charge in [0.1, 0.15) is 0 Å². The molecule has 0 spiro atoms. The lowest BCUT2D eigenvalue weighted by molar-refractivity contribution is -0.129. The van der Waals surface area contributed by atoms with Gasteiger partial charge in [-0.25, -0.2) is 0 Å². The Morgan fingerprint density at radius 2 is 1.96 bits per heavy atom. The second kappa shape index (κ2) is 14.9. The lowest BCUT2D eigenvalue weighted by Crippen LogP contribution is -2.36. The molecule has 2 atom stereocenters. The lowest BCUT2D eigenvalue weighted by Gasteiger charge is -2.26. The van der Waals surface area contributed by atoms with Gasteiger partial charge in [0.25, 0.3) is 0 Å². The van der Waals surface area contributed by atoms with Crippen molar-refractivity contribution in [3.63, 3.8) is 0 Å². The monoisotopic (exact) mass is 372 g/mol. The Kier molecular flexibility index (Phi) is 13.7. The third-order valence-corrected chi connectivity index (χ3v) is 4.44. The van der Waals surface area contributed by atoms with Crippen LogP contribution in [0.25, 0.3) is 0 Å². The van der Waals surface area contributed by atoms with Crippen molar-refractivity contribution in [3.8, 4) is 0 Å². The Bertz CT molecular complexity index is 581. The summed E-state index contributed by atoms with van der Waals surface area (Å²) in [4.78, 5) is 11.5. The SMILES string of the molecule is C=C/C=C\C=C/C.CC[C@@]1(C[C@H](O)CN)CCNC1=O.Cc1ccccc1. The number of aryl methyl sites for hydroxylation is 1. The van der Waals surface area contributed by atoms with Crippen LogP contribution in [-0.2, 0) is 4.79 Å². The predicted octanol–water partition coefficient (Wildman–Crippen LogP) is 3.91. The molecule has 0 unspecified atom stereocenters. The Hall–Kier alpha value is -2.17. The van der Waals surface area contributed by atoms with Crippen LogP contribution in [0, 0.1) is 12.3 Å². The van der Waals surface area contributed by atoms with E-state index < -0.39 is 6.10 Å². The van der Waals surface area contributed by atoms with Gasteiger partial charge in [-0.2, -0.15) is 0 Å². The van der Waals surface area contributed by atoms with E-state index in [1.165, 1.54) is 5.56 Å². The average molecular weight is 373 g/mol. The van der Waals surface area contributed by atoms with Crippen LogP contribution in [0.5, 0.6) is 0 Å². The van der Waals surface area contributed by atoms with Gasteiger partial charge in [-0.1, -0.05) is 79.8 Å². The summed E-state index contributed by atoms with van der Waals surface area (Å²) in [6.07, 6.45) is 11.0. The highest BCUT2D eigenvalue weighted by atomic mass is 16.3. The third-order valence-electron chi connectivity index (χ3n) is 4.44. The van der Waals surface area contributed by atoms with E-state index >= 15 is 0 Å². The van der Waals surface area contributed by atoms with Gasteiger partial charge in [-0.15, -0.1) is 0 Å². The number of amides is 1. The van der Waals surface area contributed by atoms with E-state index in [0.717, 1.165) is 19.4 Å². The van der Waals surface area contributed by atoms with Crippen molar-refractivity contribution in [1.29, 1.82) is 0 Å². The van der Waals surface area contributed by atoms with Crippen LogP contribution in [0.15, 0.2) is 67.3 Å². The quantitative estimate of drug-likeness (QED) is 0.663. The Morgan fingerprint density at radius 3 is 2.33 bits per heavy atom. The first-order chi connectivity index (χ1) is 13.0. The van der Waals surface area contributed by atoms with E-state index in [9.17, 15) is 9.90 Å². The molecule has 1 aromatic carbocycles. The fraction of sp³-hybridized carbons (Fsp3) is 0.435. The summed E-state index contributed by atoms with van der Waals surface area (Å²) in [5.41, 5.74) is 6.29. The molecule has 0 saturated carbocycles. The number of carbonyl (C=O) groups is 1. The lowest BCUT2D eigenvalue weighted by atomic mass is 9.78. The van der Waals surface area contributed by atoms with Crippen molar-refractivity contribution >= 4 is 5.91 Å². The number of aliphatic hydroxyl groups excluding tert-OH is 1. The predicted molar refractivity (Wildman–Crippen MR) is 115 cm³/mol. The number of benzene rings is 1. The highest BCUT2D eigenvalue weighted by molar-refractivity contribution is 5.84. The summed E-state index contributed by atoms with van der Waals surface area (Å²) in [5, 5.41) is 12.2. The summed E-state index contributed by atoms with van der Waals surface area (Å²) < 4.78 is 0. The molecule has 0 aliphatic carbocycles. The van der Waals surface area contributed by atoms with Gasteiger partial charge in [-0.3, -0.25) is 4.79 Å². The highest BCUT2D eigenvalue weighted by Gasteiger charge is 2.41. The normalized spacial score (nSPS) is 19.7. The molecule has 4 nitrogen and oxygen atoms in total. The maximum atomic E-state index is 11.5. The van der Waals surface area contributed by atoms with Crippen LogP contribution in [0.4, 0.5) is 0 Å². The molecule has 2 rings (SSSR count). The van der Waals surface area contributed by atoms with Gasteiger partial charge >= 0.3 is 0 Å². The van der Waals surface area contributed by atoms with Crippen molar-refractivity contribution in [2.24, 2.45) is 11.1 Å². The maximum absolute atomic E-state index is 11.5. The van der Waals surface area contributed by atoms with Gasteiger partial charge in [0, 0.05) is 13.1 Å². The number of aliphatic hydroxyl groups is 1. The summed E-state index contributed by atoms with van der Waals surface area (Å²) in [6, 6.07) is 10.3. The smallest absolute Gasteiger partial charge is 0.226 e. The fourth-order valence-corrected chi connectivity index (χ4v) is 2.72.